The lowest BCUT2D eigenvalue weighted by molar-refractivity contribution is 0.102. The smallest absolute Gasteiger partial charge is 0.322 e. The van der Waals surface area contributed by atoms with E-state index in [1.807, 2.05) is 0 Å². The number of carbonyl (C=O) groups excluding carboxylic acids is 1. The van der Waals surface area contributed by atoms with Crippen LogP contribution in [-0.2, 0) is 0 Å². The molecule has 8 heteroatoms. The standard InChI is InChI=1S/C13H8ClFN4O2/c14-8-5-6(1-2-9(8)15)17-12(20)7-3-4-16-11-10(7)18-13(21)19-11/h1-5H,(H,17,20)(H2,16,18,19,21). The van der Waals surface area contributed by atoms with Gasteiger partial charge >= 0.3 is 5.69 Å². The summed E-state index contributed by atoms with van der Waals surface area (Å²) >= 11 is 5.65. The van der Waals surface area contributed by atoms with Crippen LogP contribution in [0.3, 0.4) is 0 Å². The zero-order chi connectivity index (χ0) is 15.0. The van der Waals surface area contributed by atoms with E-state index in [1.54, 1.807) is 0 Å². The summed E-state index contributed by atoms with van der Waals surface area (Å²) in [5, 5.41) is 2.48. The molecular formula is C13H8ClFN4O2. The number of fused-ring (bicyclic) bond motifs is 1. The highest BCUT2D eigenvalue weighted by Gasteiger charge is 2.13. The minimum atomic E-state index is -0.573. The number of hydrogen-bond donors (Lipinski definition) is 3. The van der Waals surface area contributed by atoms with Crippen molar-refractivity contribution in [1.29, 1.82) is 0 Å². The predicted molar refractivity (Wildman–Crippen MR) is 76.1 cm³/mol. The highest BCUT2D eigenvalue weighted by atomic mass is 35.5. The van der Waals surface area contributed by atoms with Crippen molar-refractivity contribution >= 4 is 34.4 Å². The highest BCUT2D eigenvalue weighted by molar-refractivity contribution is 6.31. The lowest BCUT2D eigenvalue weighted by Gasteiger charge is -2.06. The lowest BCUT2D eigenvalue weighted by atomic mass is 10.2. The van der Waals surface area contributed by atoms with Crippen LogP contribution < -0.4 is 11.0 Å². The Bertz CT molecular complexity index is 903. The lowest BCUT2D eigenvalue weighted by Crippen LogP contribution is -2.13. The summed E-state index contributed by atoms with van der Waals surface area (Å²) in [6, 6.07) is 5.30. The van der Waals surface area contributed by atoms with E-state index in [4.69, 9.17) is 11.6 Å². The van der Waals surface area contributed by atoms with E-state index >= 15 is 0 Å². The molecule has 106 valence electrons. The van der Waals surface area contributed by atoms with Gasteiger partial charge in [0.15, 0.2) is 5.65 Å². The third-order valence-corrected chi connectivity index (χ3v) is 3.13. The van der Waals surface area contributed by atoms with Gasteiger partial charge in [-0.2, -0.15) is 0 Å². The number of aromatic nitrogens is 3. The molecule has 3 rings (SSSR count). The van der Waals surface area contributed by atoms with Crippen LogP contribution in [0.25, 0.3) is 11.2 Å². The SMILES string of the molecule is O=C(Nc1ccc(F)c(Cl)c1)c1ccnc2[nH]c(=O)[nH]c12. The summed E-state index contributed by atoms with van der Waals surface area (Å²) in [6.07, 6.45) is 1.40. The van der Waals surface area contributed by atoms with Crippen molar-refractivity contribution in [2.45, 2.75) is 0 Å². The fourth-order valence-electron chi connectivity index (χ4n) is 1.90. The minimum absolute atomic E-state index is 0.0947. The van der Waals surface area contributed by atoms with Gasteiger partial charge in [0.25, 0.3) is 5.91 Å². The van der Waals surface area contributed by atoms with Gasteiger partial charge in [0.1, 0.15) is 5.82 Å². The first-order valence-electron chi connectivity index (χ1n) is 5.88. The number of H-pyrrole nitrogens is 2. The molecular weight excluding hydrogens is 299 g/mol. The summed E-state index contributed by atoms with van der Waals surface area (Å²) in [7, 11) is 0. The zero-order valence-electron chi connectivity index (χ0n) is 10.4. The largest absolute Gasteiger partial charge is 0.325 e. The molecule has 1 aromatic carbocycles. The van der Waals surface area contributed by atoms with Crippen LogP contribution in [0, 0.1) is 5.82 Å². The molecule has 1 amide bonds. The van der Waals surface area contributed by atoms with Gasteiger partial charge in [0.05, 0.1) is 16.1 Å². The Morgan fingerprint density at radius 3 is 2.86 bits per heavy atom. The van der Waals surface area contributed by atoms with E-state index in [9.17, 15) is 14.0 Å². The summed E-state index contributed by atoms with van der Waals surface area (Å²) in [5.74, 6) is -1.05. The van der Waals surface area contributed by atoms with E-state index < -0.39 is 17.4 Å². The van der Waals surface area contributed by atoms with Gasteiger partial charge in [0.2, 0.25) is 0 Å². The van der Waals surface area contributed by atoms with Crippen LogP contribution in [0.15, 0.2) is 35.3 Å². The number of carbonyl (C=O) groups is 1. The van der Waals surface area contributed by atoms with E-state index in [1.165, 1.54) is 24.4 Å². The molecule has 0 atom stereocenters. The molecule has 3 aromatic rings. The molecule has 0 unspecified atom stereocenters. The molecule has 21 heavy (non-hydrogen) atoms. The monoisotopic (exact) mass is 306 g/mol. The van der Waals surface area contributed by atoms with Crippen molar-refractivity contribution < 1.29 is 9.18 Å². The summed E-state index contributed by atoms with van der Waals surface area (Å²) in [4.78, 5) is 32.4. The Balaban J connectivity index is 1.97. The average molecular weight is 307 g/mol. The normalized spacial score (nSPS) is 10.8. The number of nitrogens with one attached hydrogen (secondary N) is 3. The Hall–Kier alpha value is -2.67. The van der Waals surface area contributed by atoms with Crippen molar-refractivity contribution in [1.82, 2.24) is 15.0 Å². The van der Waals surface area contributed by atoms with Gasteiger partial charge in [-0.1, -0.05) is 11.6 Å². The first kappa shape index (κ1) is 13.3. The van der Waals surface area contributed by atoms with Gasteiger partial charge in [-0.05, 0) is 24.3 Å². The molecule has 0 saturated carbocycles. The van der Waals surface area contributed by atoms with Crippen LogP contribution in [0.4, 0.5) is 10.1 Å². The van der Waals surface area contributed by atoms with Gasteiger partial charge in [-0.3, -0.25) is 9.78 Å². The molecule has 0 spiro atoms. The number of pyridine rings is 1. The van der Waals surface area contributed by atoms with Crippen molar-refractivity contribution in [2.24, 2.45) is 0 Å². The number of aromatic amines is 2. The highest BCUT2D eigenvalue weighted by Crippen LogP contribution is 2.20. The topological polar surface area (TPSA) is 90.6 Å². The van der Waals surface area contributed by atoms with Crippen molar-refractivity contribution in [3.8, 4) is 0 Å². The summed E-state index contributed by atoms with van der Waals surface area (Å²) < 4.78 is 13.1. The number of anilines is 1. The van der Waals surface area contributed by atoms with Crippen LogP contribution in [0.1, 0.15) is 10.4 Å². The number of nitrogens with zero attached hydrogens (tertiary/aromatic N) is 1. The maximum absolute atomic E-state index is 13.1. The van der Waals surface area contributed by atoms with Crippen molar-refractivity contribution in [2.75, 3.05) is 5.32 Å². The third kappa shape index (κ3) is 2.50. The quantitative estimate of drug-likeness (QED) is 0.678. The second-order valence-electron chi connectivity index (χ2n) is 4.24. The van der Waals surface area contributed by atoms with Gasteiger partial charge < -0.3 is 10.3 Å². The van der Waals surface area contributed by atoms with E-state index in [0.29, 0.717) is 11.2 Å². The molecule has 0 bridgehead atoms. The van der Waals surface area contributed by atoms with E-state index in [-0.39, 0.29) is 16.2 Å². The van der Waals surface area contributed by atoms with E-state index in [0.717, 1.165) is 6.07 Å². The number of amides is 1. The number of imidazole rings is 1. The zero-order valence-corrected chi connectivity index (χ0v) is 11.2. The number of halogens is 2. The van der Waals surface area contributed by atoms with Gasteiger partial charge in [0, 0.05) is 11.9 Å². The maximum atomic E-state index is 13.1. The van der Waals surface area contributed by atoms with Crippen LogP contribution in [-0.4, -0.2) is 20.9 Å². The van der Waals surface area contributed by atoms with Crippen molar-refractivity contribution in [3.63, 3.8) is 0 Å². The second-order valence-corrected chi connectivity index (χ2v) is 4.65. The van der Waals surface area contributed by atoms with Crippen LogP contribution >= 0.6 is 11.6 Å². The number of hydrogen-bond acceptors (Lipinski definition) is 3. The molecule has 0 aliphatic heterocycles. The summed E-state index contributed by atoms with van der Waals surface area (Å²) in [6.45, 7) is 0. The van der Waals surface area contributed by atoms with Gasteiger partial charge in [-0.15, -0.1) is 0 Å². The average Bonchev–Trinajstić information content (AvgIpc) is 2.82. The Morgan fingerprint density at radius 2 is 2.10 bits per heavy atom. The summed E-state index contributed by atoms with van der Waals surface area (Å²) in [5.41, 5.74) is 0.702. The molecule has 0 radical (unpaired) electrons. The Kier molecular flexibility index (Phi) is 3.19. The minimum Gasteiger partial charge on any atom is -0.322 e. The number of benzene rings is 1. The molecule has 2 heterocycles. The first-order valence-corrected chi connectivity index (χ1v) is 6.26. The first-order chi connectivity index (χ1) is 10.0. The second kappa shape index (κ2) is 5.02. The van der Waals surface area contributed by atoms with E-state index in [2.05, 4.69) is 20.3 Å². The molecule has 0 aliphatic rings. The van der Waals surface area contributed by atoms with Crippen LogP contribution in [0.2, 0.25) is 5.02 Å². The Labute approximate surface area is 122 Å². The molecule has 6 nitrogen and oxygen atoms in total. The fraction of sp³-hybridized carbons (Fsp3) is 0. The maximum Gasteiger partial charge on any atom is 0.325 e. The third-order valence-electron chi connectivity index (χ3n) is 2.84. The fourth-order valence-corrected chi connectivity index (χ4v) is 2.08. The van der Waals surface area contributed by atoms with Crippen LogP contribution in [0.5, 0.6) is 0 Å². The molecule has 2 aromatic heterocycles. The molecule has 0 fully saturated rings. The van der Waals surface area contributed by atoms with Crippen molar-refractivity contribution in [3.05, 3.63) is 57.3 Å². The number of rotatable bonds is 2. The predicted octanol–water partition coefficient (Wildman–Crippen LogP) is 2.30. The van der Waals surface area contributed by atoms with Gasteiger partial charge in [-0.25, -0.2) is 14.2 Å². The molecule has 3 N–H and O–H groups in total. The molecule has 0 saturated heterocycles. The molecule has 0 aliphatic carbocycles. The Morgan fingerprint density at radius 1 is 1.29 bits per heavy atom.